The Labute approximate surface area is 182 Å². The molecule has 3 aromatic rings. The van der Waals surface area contributed by atoms with Crippen molar-refractivity contribution in [1.29, 1.82) is 0 Å². The maximum Gasteiger partial charge on any atom is 0.162 e. The van der Waals surface area contributed by atoms with Gasteiger partial charge in [-0.3, -0.25) is 0 Å². The van der Waals surface area contributed by atoms with Crippen molar-refractivity contribution >= 4 is 15.9 Å². The number of aryl methyl sites for hydroxylation is 2. The Balaban J connectivity index is 1.66. The molecule has 0 spiro atoms. The van der Waals surface area contributed by atoms with Crippen molar-refractivity contribution in [3.8, 4) is 11.5 Å². The molecule has 0 aliphatic rings. The number of hydrogen-bond donors (Lipinski definition) is 1. The van der Waals surface area contributed by atoms with Gasteiger partial charge < -0.3 is 14.8 Å². The molecule has 152 valence electrons. The molecule has 4 heteroatoms. The molecular weight excluding hydrogens is 426 g/mol. The number of ether oxygens (including phenoxy) is 2. The van der Waals surface area contributed by atoms with E-state index >= 15 is 0 Å². The van der Waals surface area contributed by atoms with Crippen LogP contribution < -0.4 is 14.8 Å². The van der Waals surface area contributed by atoms with Crippen LogP contribution in [0.1, 0.15) is 34.7 Å². The second-order valence-corrected chi connectivity index (χ2v) is 8.04. The van der Waals surface area contributed by atoms with Crippen molar-refractivity contribution in [2.75, 3.05) is 6.61 Å². The smallest absolute Gasteiger partial charge is 0.162 e. The number of hydrogen-bond acceptors (Lipinski definition) is 3. The Morgan fingerprint density at radius 3 is 1.97 bits per heavy atom. The Bertz CT molecular complexity index is 921. The molecule has 0 saturated heterocycles. The van der Waals surface area contributed by atoms with E-state index in [4.69, 9.17) is 9.47 Å². The van der Waals surface area contributed by atoms with Gasteiger partial charge in [0, 0.05) is 17.6 Å². The molecule has 1 N–H and O–H groups in total. The van der Waals surface area contributed by atoms with Gasteiger partial charge in [-0.1, -0.05) is 75.6 Å². The summed E-state index contributed by atoms with van der Waals surface area (Å²) in [5, 5.41) is 3.50. The van der Waals surface area contributed by atoms with E-state index in [0.29, 0.717) is 13.2 Å². The van der Waals surface area contributed by atoms with E-state index in [-0.39, 0.29) is 0 Å². The first-order valence-electron chi connectivity index (χ1n) is 9.95. The van der Waals surface area contributed by atoms with Crippen LogP contribution in [-0.4, -0.2) is 6.61 Å². The van der Waals surface area contributed by atoms with E-state index in [0.717, 1.165) is 40.2 Å². The highest BCUT2D eigenvalue weighted by Crippen LogP contribution is 2.34. The quantitative estimate of drug-likeness (QED) is 0.410. The molecule has 0 radical (unpaired) electrons. The number of nitrogens with one attached hydrogen (secondary N) is 1. The summed E-state index contributed by atoms with van der Waals surface area (Å²) in [5.74, 6) is 1.52. The normalized spacial score (nSPS) is 10.8. The SMILES string of the molecule is CCOc1cc(CNCc2ccc(C)cc2)c(Br)cc1OCc1ccc(C)cc1. The van der Waals surface area contributed by atoms with Crippen LogP contribution in [0.5, 0.6) is 11.5 Å². The molecule has 3 nitrogen and oxygen atoms in total. The van der Waals surface area contributed by atoms with Gasteiger partial charge in [-0.15, -0.1) is 0 Å². The monoisotopic (exact) mass is 453 g/mol. The van der Waals surface area contributed by atoms with Gasteiger partial charge in [-0.25, -0.2) is 0 Å². The van der Waals surface area contributed by atoms with Crippen molar-refractivity contribution in [2.45, 2.75) is 40.5 Å². The fourth-order valence-corrected chi connectivity index (χ4v) is 3.45. The molecule has 0 saturated carbocycles. The Kier molecular flexibility index (Phi) is 7.73. The van der Waals surface area contributed by atoms with Crippen LogP contribution >= 0.6 is 15.9 Å². The first-order chi connectivity index (χ1) is 14.0. The van der Waals surface area contributed by atoms with Crippen molar-refractivity contribution in [1.82, 2.24) is 5.32 Å². The molecule has 0 aliphatic carbocycles. The fourth-order valence-electron chi connectivity index (χ4n) is 2.99. The minimum Gasteiger partial charge on any atom is -0.490 e. The summed E-state index contributed by atoms with van der Waals surface area (Å²) in [4.78, 5) is 0. The molecule has 0 heterocycles. The molecule has 29 heavy (non-hydrogen) atoms. The third-order valence-corrected chi connectivity index (χ3v) is 5.43. The number of rotatable bonds is 9. The first kappa shape index (κ1) is 21.4. The van der Waals surface area contributed by atoms with E-state index in [2.05, 4.69) is 89.7 Å². The molecule has 0 aliphatic heterocycles. The average molecular weight is 454 g/mol. The predicted octanol–water partition coefficient (Wildman–Crippen LogP) is 6.33. The van der Waals surface area contributed by atoms with E-state index < -0.39 is 0 Å². The van der Waals surface area contributed by atoms with Crippen LogP contribution in [0.15, 0.2) is 65.1 Å². The standard InChI is InChI=1S/C25H28BrNO2/c1-4-28-24-13-22(16-27-15-20-9-5-18(2)6-10-20)23(26)14-25(24)29-17-21-11-7-19(3)8-12-21/h5-14,27H,4,15-17H2,1-3H3. The zero-order valence-electron chi connectivity index (χ0n) is 17.3. The Morgan fingerprint density at radius 1 is 0.759 bits per heavy atom. The summed E-state index contributed by atoms with van der Waals surface area (Å²) in [6.07, 6.45) is 0. The van der Waals surface area contributed by atoms with Crippen LogP contribution in [0, 0.1) is 13.8 Å². The second kappa shape index (κ2) is 10.5. The van der Waals surface area contributed by atoms with E-state index in [1.54, 1.807) is 0 Å². The van der Waals surface area contributed by atoms with Crippen molar-refractivity contribution in [3.63, 3.8) is 0 Å². The van der Waals surface area contributed by atoms with Crippen molar-refractivity contribution in [2.24, 2.45) is 0 Å². The van der Waals surface area contributed by atoms with Crippen LogP contribution in [0.2, 0.25) is 0 Å². The molecule has 0 bridgehead atoms. The lowest BCUT2D eigenvalue weighted by molar-refractivity contribution is 0.269. The average Bonchev–Trinajstić information content (AvgIpc) is 2.72. The van der Waals surface area contributed by atoms with Crippen molar-refractivity contribution < 1.29 is 9.47 Å². The summed E-state index contributed by atoms with van der Waals surface area (Å²) >= 11 is 3.69. The highest BCUT2D eigenvalue weighted by atomic mass is 79.9. The van der Waals surface area contributed by atoms with Crippen LogP contribution in [0.25, 0.3) is 0 Å². The molecule has 0 fully saturated rings. The summed E-state index contributed by atoms with van der Waals surface area (Å²) in [7, 11) is 0. The maximum atomic E-state index is 6.06. The number of halogens is 1. The molecule has 0 aromatic heterocycles. The third kappa shape index (κ3) is 6.34. The van der Waals surface area contributed by atoms with Gasteiger partial charge in [-0.2, -0.15) is 0 Å². The molecule has 0 unspecified atom stereocenters. The predicted molar refractivity (Wildman–Crippen MR) is 123 cm³/mol. The first-order valence-corrected chi connectivity index (χ1v) is 10.7. The van der Waals surface area contributed by atoms with Crippen LogP contribution in [-0.2, 0) is 19.7 Å². The maximum absolute atomic E-state index is 6.06. The molecule has 3 rings (SSSR count). The van der Waals surface area contributed by atoms with Gasteiger partial charge in [0.25, 0.3) is 0 Å². The topological polar surface area (TPSA) is 30.5 Å². The fraction of sp³-hybridized carbons (Fsp3) is 0.280. The van der Waals surface area contributed by atoms with Gasteiger partial charge >= 0.3 is 0 Å². The summed E-state index contributed by atoms with van der Waals surface area (Å²) < 4.78 is 12.9. The molecule has 0 atom stereocenters. The minimum absolute atomic E-state index is 0.512. The lowest BCUT2D eigenvalue weighted by atomic mass is 10.1. The molecule has 3 aromatic carbocycles. The second-order valence-electron chi connectivity index (χ2n) is 7.19. The van der Waals surface area contributed by atoms with Gasteiger partial charge in [0.05, 0.1) is 6.61 Å². The third-order valence-electron chi connectivity index (χ3n) is 4.69. The van der Waals surface area contributed by atoms with Gasteiger partial charge in [0.2, 0.25) is 0 Å². The van der Waals surface area contributed by atoms with Gasteiger partial charge in [0.1, 0.15) is 6.61 Å². The zero-order valence-corrected chi connectivity index (χ0v) is 18.9. The highest BCUT2D eigenvalue weighted by Gasteiger charge is 2.11. The van der Waals surface area contributed by atoms with Gasteiger partial charge in [-0.05, 0) is 49.6 Å². The summed E-state index contributed by atoms with van der Waals surface area (Å²) in [6, 6.07) is 21.0. The molecule has 0 amide bonds. The number of benzene rings is 3. The molecular formula is C25H28BrNO2. The zero-order chi connectivity index (χ0) is 20.6. The van der Waals surface area contributed by atoms with E-state index in [1.807, 2.05) is 13.0 Å². The van der Waals surface area contributed by atoms with E-state index in [1.165, 1.54) is 16.7 Å². The lowest BCUT2D eigenvalue weighted by Crippen LogP contribution is -2.13. The largest absolute Gasteiger partial charge is 0.490 e. The Hall–Kier alpha value is -2.30. The van der Waals surface area contributed by atoms with E-state index in [9.17, 15) is 0 Å². The Morgan fingerprint density at radius 2 is 1.34 bits per heavy atom. The van der Waals surface area contributed by atoms with Crippen LogP contribution in [0.4, 0.5) is 0 Å². The highest BCUT2D eigenvalue weighted by molar-refractivity contribution is 9.10. The minimum atomic E-state index is 0.512. The summed E-state index contributed by atoms with van der Waals surface area (Å²) in [5.41, 5.74) is 6.07. The van der Waals surface area contributed by atoms with Gasteiger partial charge in [0.15, 0.2) is 11.5 Å². The van der Waals surface area contributed by atoms with Crippen molar-refractivity contribution in [3.05, 3.63) is 93.0 Å². The summed E-state index contributed by atoms with van der Waals surface area (Å²) in [6.45, 7) is 8.85. The lowest BCUT2D eigenvalue weighted by Gasteiger charge is -2.16. The van der Waals surface area contributed by atoms with Crippen LogP contribution in [0.3, 0.4) is 0 Å².